The van der Waals surface area contributed by atoms with Crippen LogP contribution in [0.1, 0.15) is 5.69 Å². The number of carboxylic acids is 1. The van der Waals surface area contributed by atoms with Crippen LogP contribution in [0.3, 0.4) is 0 Å². The zero-order chi connectivity index (χ0) is 14.5. The Balaban J connectivity index is 2.48. The number of nitrogens with zero attached hydrogens (tertiary/aromatic N) is 2. The second-order valence-electron chi connectivity index (χ2n) is 3.68. The Kier molecular flexibility index (Phi) is 5.67. The van der Waals surface area contributed by atoms with Gasteiger partial charge in [-0.25, -0.2) is 4.98 Å². The largest absolute Gasteiger partial charge is 0.481 e. The van der Waals surface area contributed by atoms with Crippen molar-refractivity contribution in [3.63, 3.8) is 0 Å². The van der Waals surface area contributed by atoms with E-state index in [0.717, 1.165) is 17.5 Å². The van der Waals surface area contributed by atoms with Gasteiger partial charge >= 0.3 is 12.1 Å². The maximum absolute atomic E-state index is 11.9. The molecule has 1 heterocycles. The first-order chi connectivity index (χ1) is 8.79. The SMILES string of the molecule is Cc1cnc(SCC(=O)O)n1CCOCC(F)(F)F. The van der Waals surface area contributed by atoms with Gasteiger partial charge in [0.1, 0.15) is 6.61 Å². The molecule has 0 aliphatic rings. The van der Waals surface area contributed by atoms with E-state index in [4.69, 9.17) is 5.11 Å². The van der Waals surface area contributed by atoms with Crippen LogP contribution in [0.4, 0.5) is 13.2 Å². The molecule has 0 unspecified atom stereocenters. The average molecular weight is 298 g/mol. The third-order valence-electron chi connectivity index (χ3n) is 2.07. The van der Waals surface area contributed by atoms with Crippen LogP contribution in [0.25, 0.3) is 0 Å². The van der Waals surface area contributed by atoms with Gasteiger partial charge in [-0.1, -0.05) is 11.8 Å². The second kappa shape index (κ2) is 6.80. The molecule has 0 radical (unpaired) electrons. The minimum Gasteiger partial charge on any atom is -0.481 e. The molecule has 1 N–H and O–H groups in total. The van der Waals surface area contributed by atoms with Gasteiger partial charge in [0.25, 0.3) is 0 Å². The lowest BCUT2D eigenvalue weighted by Gasteiger charge is -2.11. The molecule has 1 aromatic rings. The molecule has 0 aliphatic heterocycles. The van der Waals surface area contributed by atoms with Crippen LogP contribution < -0.4 is 0 Å². The molecular formula is C10H13F3N2O3S. The summed E-state index contributed by atoms with van der Waals surface area (Å²) in [5.74, 6) is -1.13. The molecule has 108 valence electrons. The van der Waals surface area contributed by atoms with Crippen molar-refractivity contribution in [1.82, 2.24) is 9.55 Å². The van der Waals surface area contributed by atoms with E-state index in [-0.39, 0.29) is 18.9 Å². The van der Waals surface area contributed by atoms with Crippen LogP contribution in [0.2, 0.25) is 0 Å². The standard InChI is InChI=1S/C10H13F3N2O3S/c1-7-4-14-9(19-5-8(16)17)15(7)2-3-18-6-10(11,12)13/h4H,2-3,5-6H2,1H3,(H,16,17). The van der Waals surface area contributed by atoms with Gasteiger partial charge in [0.05, 0.1) is 12.4 Å². The number of hydrogen-bond donors (Lipinski definition) is 1. The van der Waals surface area contributed by atoms with E-state index in [1.165, 1.54) is 6.20 Å². The zero-order valence-electron chi connectivity index (χ0n) is 10.1. The third-order valence-corrected chi connectivity index (χ3v) is 3.04. The molecular weight excluding hydrogens is 285 g/mol. The van der Waals surface area contributed by atoms with E-state index in [1.54, 1.807) is 11.5 Å². The van der Waals surface area contributed by atoms with Crippen LogP contribution in [0, 0.1) is 6.92 Å². The van der Waals surface area contributed by atoms with Crippen LogP contribution in [0.15, 0.2) is 11.4 Å². The summed E-state index contributed by atoms with van der Waals surface area (Å²) in [5.41, 5.74) is 0.739. The molecule has 5 nitrogen and oxygen atoms in total. The molecule has 0 aromatic carbocycles. The number of carboxylic acid groups (broad SMARTS) is 1. The quantitative estimate of drug-likeness (QED) is 0.615. The number of ether oxygens (including phenoxy) is 1. The Bertz CT molecular complexity index is 434. The van der Waals surface area contributed by atoms with Crippen molar-refractivity contribution in [3.8, 4) is 0 Å². The van der Waals surface area contributed by atoms with Gasteiger partial charge in [-0.15, -0.1) is 0 Å². The summed E-state index contributed by atoms with van der Waals surface area (Å²) in [6.45, 7) is 0.529. The molecule has 0 saturated heterocycles. The van der Waals surface area contributed by atoms with Crippen molar-refractivity contribution in [2.45, 2.75) is 24.8 Å². The molecule has 19 heavy (non-hydrogen) atoms. The Morgan fingerprint density at radius 2 is 2.26 bits per heavy atom. The van der Waals surface area contributed by atoms with E-state index in [0.29, 0.717) is 5.16 Å². The number of thioether (sulfide) groups is 1. The number of aliphatic carboxylic acids is 1. The van der Waals surface area contributed by atoms with Gasteiger partial charge < -0.3 is 14.4 Å². The summed E-state index contributed by atoms with van der Waals surface area (Å²) in [6.07, 6.45) is -2.81. The number of alkyl halides is 3. The smallest absolute Gasteiger partial charge is 0.411 e. The van der Waals surface area contributed by atoms with Crippen molar-refractivity contribution in [2.24, 2.45) is 0 Å². The number of halogens is 3. The fourth-order valence-electron chi connectivity index (χ4n) is 1.30. The first-order valence-corrected chi connectivity index (χ1v) is 6.29. The number of hydrogen-bond acceptors (Lipinski definition) is 4. The van der Waals surface area contributed by atoms with Crippen molar-refractivity contribution in [3.05, 3.63) is 11.9 Å². The summed E-state index contributed by atoms with van der Waals surface area (Å²) in [4.78, 5) is 14.5. The molecule has 0 spiro atoms. The zero-order valence-corrected chi connectivity index (χ0v) is 10.9. The van der Waals surface area contributed by atoms with Crippen molar-refractivity contribution >= 4 is 17.7 Å². The Morgan fingerprint density at radius 1 is 1.58 bits per heavy atom. The number of aryl methyl sites for hydroxylation is 1. The fraction of sp³-hybridized carbons (Fsp3) is 0.600. The summed E-state index contributed by atoms with van der Waals surface area (Å²) < 4.78 is 41.8. The third kappa shape index (κ3) is 5.97. The first kappa shape index (κ1) is 15.8. The van der Waals surface area contributed by atoms with Crippen molar-refractivity contribution in [1.29, 1.82) is 0 Å². The van der Waals surface area contributed by atoms with E-state index in [1.807, 2.05) is 0 Å². The fourth-order valence-corrected chi connectivity index (χ4v) is 2.07. The topological polar surface area (TPSA) is 64.3 Å². The van der Waals surface area contributed by atoms with Crippen LogP contribution in [-0.2, 0) is 16.1 Å². The molecule has 1 rings (SSSR count). The number of carbonyl (C=O) groups is 1. The van der Waals surface area contributed by atoms with E-state index in [9.17, 15) is 18.0 Å². The average Bonchev–Trinajstić information content (AvgIpc) is 2.62. The van der Waals surface area contributed by atoms with Crippen LogP contribution in [0.5, 0.6) is 0 Å². The molecule has 0 amide bonds. The lowest BCUT2D eigenvalue weighted by Crippen LogP contribution is -2.19. The minimum absolute atomic E-state index is 0.114. The lowest BCUT2D eigenvalue weighted by molar-refractivity contribution is -0.174. The van der Waals surface area contributed by atoms with Crippen molar-refractivity contribution in [2.75, 3.05) is 19.0 Å². The molecule has 0 bridgehead atoms. The highest BCUT2D eigenvalue weighted by Gasteiger charge is 2.27. The summed E-state index contributed by atoms with van der Waals surface area (Å²) in [7, 11) is 0. The van der Waals surface area contributed by atoms with Gasteiger partial charge in [0, 0.05) is 18.4 Å². The summed E-state index contributed by atoms with van der Waals surface area (Å²) >= 11 is 1.01. The normalized spacial score (nSPS) is 11.8. The Hall–Kier alpha value is -1.22. The summed E-state index contributed by atoms with van der Waals surface area (Å²) in [6, 6.07) is 0. The first-order valence-electron chi connectivity index (χ1n) is 5.31. The number of rotatable bonds is 7. The van der Waals surface area contributed by atoms with E-state index < -0.39 is 18.8 Å². The van der Waals surface area contributed by atoms with Crippen molar-refractivity contribution < 1.29 is 27.8 Å². The minimum atomic E-state index is -4.34. The predicted octanol–water partition coefficient (Wildman–Crippen LogP) is 1.95. The lowest BCUT2D eigenvalue weighted by atomic mass is 10.5. The molecule has 9 heteroatoms. The van der Waals surface area contributed by atoms with Crippen LogP contribution >= 0.6 is 11.8 Å². The van der Waals surface area contributed by atoms with Gasteiger partial charge in [-0.3, -0.25) is 4.79 Å². The maximum atomic E-state index is 11.9. The van der Waals surface area contributed by atoms with E-state index >= 15 is 0 Å². The number of imidazole rings is 1. The molecule has 0 atom stereocenters. The molecule has 0 aliphatic carbocycles. The molecule has 0 fully saturated rings. The highest BCUT2D eigenvalue weighted by molar-refractivity contribution is 7.99. The summed E-state index contributed by atoms with van der Waals surface area (Å²) in [5, 5.41) is 9.02. The number of aromatic nitrogens is 2. The highest BCUT2D eigenvalue weighted by Crippen LogP contribution is 2.18. The molecule has 0 saturated carbocycles. The highest BCUT2D eigenvalue weighted by atomic mass is 32.2. The monoisotopic (exact) mass is 298 g/mol. The van der Waals surface area contributed by atoms with Gasteiger partial charge in [-0.05, 0) is 6.92 Å². The second-order valence-corrected chi connectivity index (χ2v) is 4.63. The predicted molar refractivity (Wildman–Crippen MR) is 62.2 cm³/mol. The Morgan fingerprint density at radius 3 is 2.84 bits per heavy atom. The molecule has 1 aromatic heterocycles. The van der Waals surface area contributed by atoms with E-state index in [2.05, 4.69) is 9.72 Å². The maximum Gasteiger partial charge on any atom is 0.411 e. The van der Waals surface area contributed by atoms with Crippen LogP contribution in [-0.4, -0.2) is 45.8 Å². The van der Waals surface area contributed by atoms with Gasteiger partial charge in [0.2, 0.25) is 0 Å². The Labute approximate surface area is 111 Å². The van der Waals surface area contributed by atoms with Gasteiger partial charge in [0.15, 0.2) is 5.16 Å². The van der Waals surface area contributed by atoms with Gasteiger partial charge in [-0.2, -0.15) is 13.2 Å².